The molecule has 3 rings (SSSR count). The molecule has 2 aromatic carbocycles. The molecule has 1 N–H and O–H groups in total. The first-order valence-corrected chi connectivity index (χ1v) is 10.2. The summed E-state index contributed by atoms with van der Waals surface area (Å²) in [5.74, 6) is 1.26. The summed E-state index contributed by atoms with van der Waals surface area (Å²) < 4.78 is 5.71. The lowest BCUT2D eigenvalue weighted by molar-refractivity contribution is -0.122. The first-order chi connectivity index (χ1) is 13.5. The summed E-state index contributed by atoms with van der Waals surface area (Å²) >= 11 is 7.74. The van der Waals surface area contributed by atoms with E-state index in [4.69, 9.17) is 16.3 Å². The predicted molar refractivity (Wildman–Crippen MR) is 115 cm³/mol. The number of carbonyl (C=O) groups is 1. The minimum atomic E-state index is -0.625. The maximum absolute atomic E-state index is 12.4. The fourth-order valence-electron chi connectivity index (χ4n) is 2.48. The molecule has 144 valence electrons. The number of hydrogen-bond acceptors (Lipinski definition) is 4. The lowest BCUT2D eigenvalue weighted by atomic mass is 10.2. The quantitative estimate of drug-likeness (QED) is 0.502. The Balaban J connectivity index is 1.52. The number of nitrogens with one attached hydrogen (secondary N) is 1. The molecule has 0 bridgehead atoms. The van der Waals surface area contributed by atoms with E-state index in [9.17, 15) is 4.79 Å². The SMILES string of the molecule is Cc1cc(OC(C)C(=O)Nc2ccc(SCc3cccnc3)cc2)ccc1Cl. The van der Waals surface area contributed by atoms with Gasteiger partial charge < -0.3 is 10.1 Å². The molecule has 0 aliphatic heterocycles. The van der Waals surface area contributed by atoms with E-state index in [0.717, 1.165) is 21.9 Å². The number of ether oxygens (including phenoxy) is 1. The van der Waals surface area contributed by atoms with Crippen molar-refractivity contribution in [3.63, 3.8) is 0 Å². The normalized spacial score (nSPS) is 11.7. The van der Waals surface area contributed by atoms with Crippen molar-refractivity contribution >= 4 is 35.0 Å². The lowest BCUT2D eigenvalue weighted by Crippen LogP contribution is -2.30. The molecule has 0 fully saturated rings. The average Bonchev–Trinajstić information content (AvgIpc) is 2.71. The van der Waals surface area contributed by atoms with Gasteiger partial charge in [-0.2, -0.15) is 0 Å². The highest BCUT2D eigenvalue weighted by Gasteiger charge is 2.15. The zero-order valence-electron chi connectivity index (χ0n) is 15.7. The van der Waals surface area contributed by atoms with Crippen LogP contribution < -0.4 is 10.1 Å². The van der Waals surface area contributed by atoms with E-state index in [0.29, 0.717) is 10.8 Å². The van der Waals surface area contributed by atoms with Gasteiger partial charge in [0.1, 0.15) is 5.75 Å². The van der Waals surface area contributed by atoms with Crippen molar-refractivity contribution in [3.05, 3.63) is 83.1 Å². The van der Waals surface area contributed by atoms with Crippen LogP contribution in [0.3, 0.4) is 0 Å². The summed E-state index contributed by atoms with van der Waals surface area (Å²) in [6, 6.07) is 17.1. The smallest absolute Gasteiger partial charge is 0.265 e. The van der Waals surface area contributed by atoms with Gasteiger partial charge in [-0.05, 0) is 73.5 Å². The second-order valence-electron chi connectivity index (χ2n) is 6.33. The molecular formula is C22H21ClN2O2S. The largest absolute Gasteiger partial charge is 0.481 e. The Morgan fingerprint density at radius 1 is 1.21 bits per heavy atom. The molecule has 6 heteroatoms. The number of nitrogens with zero attached hydrogens (tertiary/aromatic N) is 1. The average molecular weight is 413 g/mol. The third kappa shape index (κ3) is 5.75. The summed E-state index contributed by atoms with van der Waals surface area (Å²) in [7, 11) is 0. The van der Waals surface area contributed by atoms with Crippen molar-refractivity contribution < 1.29 is 9.53 Å². The third-order valence-corrected chi connectivity index (χ3v) is 5.57. The molecule has 1 atom stereocenters. The Kier molecular flexibility index (Phi) is 6.95. The molecule has 3 aromatic rings. The maximum atomic E-state index is 12.4. The molecule has 0 saturated carbocycles. The number of aryl methyl sites for hydroxylation is 1. The number of rotatable bonds is 7. The van der Waals surface area contributed by atoms with Crippen LogP contribution in [0.4, 0.5) is 5.69 Å². The van der Waals surface area contributed by atoms with Gasteiger partial charge in [0.25, 0.3) is 5.91 Å². The van der Waals surface area contributed by atoms with Crippen molar-refractivity contribution in [2.24, 2.45) is 0 Å². The van der Waals surface area contributed by atoms with Crippen LogP contribution in [0.2, 0.25) is 5.02 Å². The van der Waals surface area contributed by atoms with Gasteiger partial charge in [-0.15, -0.1) is 11.8 Å². The highest BCUT2D eigenvalue weighted by molar-refractivity contribution is 7.98. The minimum absolute atomic E-state index is 0.205. The molecule has 1 unspecified atom stereocenters. The second kappa shape index (κ2) is 9.62. The van der Waals surface area contributed by atoms with Crippen molar-refractivity contribution in [1.29, 1.82) is 0 Å². The van der Waals surface area contributed by atoms with E-state index >= 15 is 0 Å². The number of benzene rings is 2. The molecule has 0 radical (unpaired) electrons. The minimum Gasteiger partial charge on any atom is -0.481 e. The molecule has 1 heterocycles. The van der Waals surface area contributed by atoms with Gasteiger partial charge in [-0.3, -0.25) is 9.78 Å². The Bertz CT molecular complexity index is 933. The third-order valence-electron chi connectivity index (χ3n) is 4.06. The highest BCUT2D eigenvalue weighted by Crippen LogP contribution is 2.25. The van der Waals surface area contributed by atoms with Crippen molar-refractivity contribution in [1.82, 2.24) is 4.98 Å². The standard InChI is InChI=1S/C22H21ClN2O2S/c1-15-12-19(7-10-21(15)23)27-16(2)22(26)25-18-5-8-20(9-6-18)28-14-17-4-3-11-24-13-17/h3-13,16H,14H2,1-2H3,(H,25,26). The fourth-order valence-corrected chi connectivity index (χ4v) is 3.43. The number of anilines is 1. The topological polar surface area (TPSA) is 51.2 Å². The molecule has 0 spiro atoms. The number of halogens is 1. The Morgan fingerprint density at radius 3 is 2.68 bits per heavy atom. The van der Waals surface area contributed by atoms with Gasteiger partial charge in [-0.25, -0.2) is 0 Å². The summed E-state index contributed by atoms with van der Waals surface area (Å²) in [5, 5.41) is 3.55. The first-order valence-electron chi connectivity index (χ1n) is 8.87. The first kappa shape index (κ1) is 20.2. The van der Waals surface area contributed by atoms with Gasteiger partial charge >= 0.3 is 0 Å². The molecule has 4 nitrogen and oxygen atoms in total. The lowest BCUT2D eigenvalue weighted by Gasteiger charge is -2.15. The second-order valence-corrected chi connectivity index (χ2v) is 7.79. The van der Waals surface area contributed by atoms with E-state index in [1.807, 2.05) is 49.5 Å². The summed E-state index contributed by atoms with van der Waals surface area (Å²) in [6.07, 6.45) is 3.01. The van der Waals surface area contributed by atoms with E-state index in [1.165, 1.54) is 5.56 Å². The van der Waals surface area contributed by atoms with Gasteiger partial charge in [0.15, 0.2) is 6.10 Å². The fraction of sp³-hybridized carbons (Fsp3) is 0.182. The van der Waals surface area contributed by atoms with Crippen LogP contribution in [-0.2, 0) is 10.5 Å². The highest BCUT2D eigenvalue weighted by atomic mass is 35.5. The molecular weight excluding hydrogens is 392 g/mol. The van der Waals surface area contributed by atoms with E-state index in [2.05, 4.69) is 16.4 Å². The summed E-state index contributed by atoms with van der Waals surface area (Å²) in [5.41, 5.74) is 2.82. The Hall–Kier alpha value is -2.50. The van der Waals surface area contributed by atoms with Crippen LogP contribution >= 0.6 is 23.4 Å². The zero-order valence-corrected chi connectivity index (χ0v) is 17.3. The van der Waals surface area contributed by atoms with Gasteiger partial charge in [0.05, 0.1) is 0 Å². The Morgan fingerprint density at radius 2 is 2.00 bits per heavy atom. The van der Waals surface area contributed by atoms with E-state index in [-0.39, 0.29) is 5.91 Å². The summed E-state index contributed by atoms with van der Waals surface area (Å²) in [6.45, 7) is 3.62. The van der Waals surface area contributed by atoms with Gasteiger partial charge in [0.2, 0.25) is 0 Å². The number of amides is 1. The summed E-state index contributed by atoms with van der Waals surface area (Å²) in [4.78, 5) is 17.6. The van der Waals surface area contributed by atoms with Crippen LogP contribution in [0.25, 0.3) is 0 Å². The maximum Gasteiger partial charge on any atom is 0.265 e. The monoisotopic (exact) mass is 412 g/mol. The van der Waals surface area contributed by atoms with Crippen LogP contribution in [-0.4, -0.2) is 17.0 Å². The van der Waals surface area contributed by atoms with Crippen LogP contribution in [0, 0.1) is 6.92 Å². The molecule has 0 aliphatic rings. The zero-order chi connectivity index (χ0) is 19.9. The molecule has 1 amide bonds. The van der Waals surface area contributed by atoms with Crippen LogP contribution in [0.15, 0.2) is 71.9 Å². The van der Waals surface area contributed by atoms with E-state index in [1.54, 1.807) is 37.0 Å². The van der Waals surface area contributed by atoms with E-state index < -0.39 is 6.10 Å². The number of pyridine rings is 1. The molecule has 28 heavy (non-hydrogen) atoms. The Labute approximate surface area is 174 Å². The van der Waals surface area contributed by atoms with Crippen molar-refractivity contribution in [2.45, 2.75) is 30.6 Å². The van der Waals surface area contributed by atoms with Crippen molar-refractivity contribution in [2.75, 3.05) is 5.32 Å². The number of hydrogen-bond donors (Lipinski definition) is 1. The number of carbonyl (C=O) groups excluding carboxylic acids is 1. The molecule has 0 saturated heterocycles. The van der Waals surface area contributed by atoms with Crippen molar-refractivity contribution in [3.8, 4) is 5.75 Å². The predicted octanol–water partition coefficient (Wildman–Crippen LogP) is 5.74. The van der Waals surface area contributed by atoms with Gasteiger partial charge in [-0.1, -0.05) is 17.7 Å². The molecule has 1 aromatic heterocycles. The number of aromatic nitrogens is 1. The van der Waals surface area contributed by atoms with Crippen LogP contribution in [0.1, 0.15) is 18.1 Å². The van der Waals surface area contributed by atoms with Gasteiger partial charge in [0, 0.05) is 33.8 Å². The number of thioether (sulfide) groups is 1. The molecule has 0 aliphatic carbocycles. The van der Waals surface area contributed by atoms with Crippen LogP contribution in [0.5, 0.6) is 5.75 Å².